The van der Waals surface area contributed by atoms with Crippen LogP contribution in [0.25, 0.3) is 10.9 Å². The molecule has 1 aliphatic carbocycles. The third kappa shape index (κ3) is 2.70. The van der Waals surface area contributed by atoms with Crippen molar-refractivity contribution < 1.29 is 9.53 Å². The molecular formula is C18H23N3O2. The van der Waals surface area contributed by atoms with Crippen molar-refractivity contribution in [2.24, 2.45) is 17.8 Å². The summed E-state index contributed by atoms with van der Waals surface area (Å²) >= 11 is 0. The quantitative estimate of drug-likeness (QED) is 0.892. The van der Waals surface area contributed by atoms with E-state index in [-0.39, 0.29) is 5.91 Å². The Morgan fingerprint density at radius 1 is 1.39 bits per heavy atom. The highest BCUT2D eigenvalue weighted by atomic mass is 16.5. The second kappa shape index (κ2) is 5.57. The third-order valence-corrected chi connectivity index (χ3v) is 5.30. The van der Waals surface area contributed by atoms with E-state index in [1.807, 2.05) is 24.4 Å². The number of aromatic nitrogens is 1. The predicted octanol–water partition coefficient (Wildman–Crippen LogP) is 2.70. The minimum atomic E-state index is -0.0662. The molecule has 5 nitrogen and oxygen atoms in total. The maximum Gasteiger partial charge on any atom is 0.221 e. The van der Waals surface area contributed by atoms with Gasteiger partial charge in [0, 0.05) is 43.0 Å². The van der Waals surface area contributed by atoms with Gasteiger partial charge in [-0.25, -0.2) is 0 Å². The van der Waals surface area contributed by atoms with E-state index in [1.54, 1.807) is 0 Å². The first-order valence-corrected chi connectivity index (χ1v) is 8.39. The Morgan fingerprint density at radius 2 is 2.17 bits per heavy atom. The van der Waals surface area contributed by atoms with E-state index in [1.165, 1.54) is 20.0 Å². The first kappa shape index (κ1) is 14.6. The summed E-state index contributed by atoms with van der Waals surface area (Å²) in [4.78, 5) is 17.0. The molecule has 0 unspecified atom stereocenters. The number of H-pyrrole nitrogens is 1. The standard InChI is InChI=1S/C18H23N3O2/c1-3-21-8-14-15(9-21)16(14)10-23-12-4-5-17-13(6-12)18(7-19-17)20-11(2)22/h4-7,14-16,19H,3,8-10H2,1-2H3,(H,20,22)/t14-,15+,16+. The highest BCUT2D eigenvalue weighted by Gasteiger charge is 2.55. The first-order chi connectivity index (χ1) is 11.2. The SMILES string of the molecule is CCN1C[C@@H]2[C@@H](COc3ccc4[nH]cc(NC(C)=O)c4c3)[C@@H]2C1. The molecule has 122 valence electrons. The van der Waals surface area contributed by atoms with Crippen molar-refractivity contribution in [3.05, 3.63) is 24.4 Å². The summed E-state index contributed by atoms with van der Waals surface area (Å²) in [6.45, 7) is 8.19. The summed E-state index contributed by atoms with van der Waals surface area (Å²) in [7, 11) is 0. The second-order valence-corrected chi connectivity index (χ2v) is 6.75. The summed E-state index contributed by atoms with van der Waals surface area (Å²) in [5.74, 6) is 3.20. The van der Waals surface area contributed by atoms with Gasteiger partial charge in [-0.15, -0.1) is 0 Å². The van der Waals surface area contributed by atoms with Crippen molar-refractivity contribution in [3.8, 4) is 5.75 Å². The first-order valence-electron chi connectivity index (χ1n) is 8.39. The zero-order valence-corrected chi connectivity index (χ0v) is 13.6. The molecule has 5 heteroatoms. The van der Waals surface area contributed by atoms with Crippen molar-refractivity contribution in [1.82, 2.24) is 9.88 Å². The molecule has 2 N–H and O–H groups in total. The van der Waals surface area contributed by atoms with Crippen LogP contribution in [0.3, 0.4) is 0 Å². The van der Waals surface area contributed by atoms with Crippen molar-refractivity contribution in [2.45, 2.75) is 13.8 Å². The van der Waals surface area contributed by atoms with Crippen LogP contribution in [0.4, 0.5) is 5.69 Å². The van der Waals surface area contributed by atoms with Gasteiger partial charge in [0.1, 0.15) is 5.75 Å². The Balaban J connectivity index is 1.41. The summed E-state index contributed by atoms with van der Waals surface area (Å²) < 4.78 is 6.03. The number of carbonyl (C=O) groups excluding carboxylic acids is 1. The van der Waals surface area contributed by atoms with Gasteiger partial charge in [-0.05, 0) is 36.6 Å². The van der Waals surface area contributed by atoms with Crippen LogP contribution in [0.2, 0.25) is 0 Å². The van der Waals surface area contributed by atoms with Gasteiger partial charge in [0.15, 0.2) is 0 Å². The number of likely N-dealkylation sites (tertiary alicyclic amines) is 1. The van der Waals surface area contributed by atoms with Gasteiger partial charge in [-0.3, -0.25) is 4.79 Å². The van der Waals surface area contributed by atoms with E-state index in [4.69, 9.17) is 4.74 Å². The van der Waals surface area contributed by atoms with Crippen molar-refractivity contribution in [3.63, 3.8) is 0 Å². The Kier molecular flexibility index (Phi) is 3.53. The average Bonchev–Trinajstić information content (AvgIpc) is 2.89. The average molecular weight is 313 g/mol. The Morgan fingerprint density at radius 3 is 2.87 bits per heavy atom. The third-order valence-electron chi connectivity index (χ3n) is 5.30. The molecule has 0 bridgehead atoms. The molecule has 3 atom stereocenters. The Hall–Kier alpha value is -2.01. The van der Waals surface area contributed by atoms with Gasteiger partial charge < -0.3 is 19.9 Å². The number of nitrogens with one attached hydrogen (secondary N) is 2. The van der Waals surface area contributed by atoms with Gasteiger partial charge in [0.05, 0.1) is 12.3 Å². The molecule has 1 amide bonds. The van der Waals surface area contributed by atoms with Crippen LogP contribution in [0, 0.1) is 17.8 Å². The summed E-state index contributed by atoms with van der Waals surface area (Å²) in [6, 6.07) is 6.00. The molecule has 1 aliphatic heterocycles. The normalized spacial score (nSPS) is 26.3. The van der Waals surface area contributed by atoms with E-state index in [0.717, 1.165) is 53.2 Å². The lowest BCUT2D eigenvalue weighted by atomic mass is 10.2. The number of aromatic amines is 1. The van der Waals surface area contributed by atoms with Gasteiger partial charge in [0.2, 0.25) is 5.91 Å². The number of piperidine rings is 1. The number of anilines is 1. The van der Waals surface area contributed by atoms with Gasteiger partial charge in [-0.2, -0.15) is 0 Å². The number of fused-ring (bicyclic) bond motifs is 2. The Bertz CT molecular complexity index is 727. The molecule has 2 aliphatic rings. The van der Waals surface area contributed by atoms with Crippen molar-refractivity contribution in [1.29, 1.82) is 0 Å². The smallest absolute Gasteiger partial charge is 0.221 e. The monoisotopic (exact) mass is 313 g/mol. The van der Waals surface area contributed by atoms with E-state index in [9.17, 15) is 4.79 Å². The lowest BCUT2D eigenvalue weighted by Gasteiger charge is -2.17. The maximum atomic E-state index is 11.3. The molecule has 1 saturated heterocycles. The molecule has 23 heavy (non-hydrogen) atoms. The fourth-order valence-electron chi connectivity index (χ4n) is 3.92. The molecule has 2 fully saturated rings. The molecule has 2 aromatic rings. The van der Waals surface area contributed by atoms with E-state index in [2.05, 4.69) is 22.1 Å². The van der Waals surface area contributed by atoms with Crippen LogP contribution in [-0.4, -0.2) is 42.0 Å². The number of carbonyl (C=O) groups is 1. The number of hydrogen-bond donors (Lipinski definition) is 2. The topological polar surface area (TPSA) is 57.4 Å². The number of rotatable bonds is 5. The molecule has 0 spiro atoms. The van der Waals surface area contributed by atoms with Crippen LogP contribution in [-0.2, 0) is 4.79 Å². The van der Waals surface area contributed by atoms with E-state index >= 15 is 0 Å². The summed E-state index contributed by atoms with van der Waals surface area (Å²) in [5.41, 5.74) is 1.81. The number of amides is 1. The van der Waals surface area contributed by atoms with Gasteiger partial charge in [-0.1, -0.05) is 6.92 Å². The zero-order chi connectivity index (χ0) is 16.0. The molecule has 1 aromatic heterocycles. The zero-order valence-electron chi connectivity index (χ0n) is 13.6. The molecule has 1 saturated carbocycles. The van der Waals surface area contributed by atoms with Gasteiger partial charge >= 0.3 is 0 Å². The lowest BCUT2D eigenvalue weighted by Crippen LogP contribution is -2.25. The fourth-order valence-corrected chi connectivity index (χ4v) is 3.92. The number of ether oxygens (including phenoxy) is 1. The van der Waals surface area contributed by atoms with Crippen molar-refractivity contribution in [2.75, 3.05) is 31.6 Å². The van der Waals surface area contributed by atoms with Crippen LogP contribution in [0.5, 0.6) is 5.75 Å². The molecule has 2 heterocycles. The molecule has 1 aromatic carbocycles. The second-order valence-electron chi connectivity index (χ2n) is 6.75. The maximum absolute atomic E-state index is 11.3. The van der Waals surface area contributed by atoms with Crippen molar-refractivity contribution >= 4 is 22.5 Å². The summed E-state index contributed by atoms with van der Waals surface area (Å²) in [6.07, 6.45) is 1.82. The van der Waals surface area contributed by atoms with Crippen LogP contribution in [0.1, 0.15) is 13.8 Å². The predicted molar refractivity (Wildman–Crippen MR) is 90.7 cm³/mol. The number of benzene rings is 1. The highest BCUT2D eigenvalue weighted by Crippen LogP contribution is 2.51. The van der Waals surface area contributed by atoms with E-state index in [0.29, 0.717) is 0 Å². The van der Waals surface area contributed by atoms with E-state index < -0.39 is 0 Å². The molecule has 0 radical (unpaired) electrons. The summed E-state index contributed by atoms with van der Waals surface area (Å²) in [5, 5.41) is 3.84. The molecular weight excluding hydrogens is 290 g/mol. The minimum absolute atomic E-state index is 0.0662. The fraction of sp³-hybridized carbons (Fsp3) is 0.500. The molecule has 4 rings (SSSR count). The number of nitrogens with zero attached hydrogens (tertiary/aromatic N) is 1. The van der Waals surface area contributed by atoms with Crippen LogP contribution >= 0.6 is 0 Å². The minimum Gasteiger partial charge on any atom is -0.493 e. The van der Waals surface area contributed by atoms with Gasteiger partial charge in [0.25, 0.3) is 0 Å². The van der Waals surface area contributed by atoms with Crippen LogP contribution < -0.4 is 10.1 Å². The largest absolute Gasteiger partial charge is 0.493 e. The highest BCUT2D eigenvalue weighted by molar-refractivity contribution is 6.01. The van der Waals surface area contributed by atoms with Crippen LogP contribution in [0.15, 0.2) is 24.4 Å². The Labute approximate surface area is 136 Å². The number of hydrogen-bond acceptors (Lipinski definition) is 3. The lowest BCUT2D eigenvalue weighted by molar-refractivity contribution is -0.114.